The molecule has 0 unspecified atom stereocenters. The molecule has 2 spiro atoms. The fourth-order valence-electron chi connectivity index (χ4n) is 9.62. The SMILES string of the molecule is N#Cc1cc2c(c3c1CC1(CCCC1)C3)c1cccc3c4c5c(c(C#N)cc4n2c13)CC1(CCCC1)C5. The van der Waals surface area contributed by atoms with Gasteiger partial charge in [0.05, 0.1) is 39.8 Å². The van der Waals surface area contributed by atoms with Gasteiger partial charge in [0.15, 0.2) is 0 Å². The minimum atomic E-state index is 0.362. The number of rotatable bonds is 0. The number of nitrogens with zero attached hydrogens (tertiary/aromatic N) is 3. The van der Waals surface area contributed by atoms with Crippen molar-refractivity contribution in [1.29, 1.82) is 10.5 Å². The number of benzene rings is 3. The van der Waals surface area contributed by atoms with Crippen molar-refractivity contribution >= 4 is 38.1 Å². The summed E-state index contributed by atoms with van der Waals surface area (Å²) in [6.45, 7) is 0. The smallest absolute Gasteiger partial charge is 0.0995 e. The highest BCUT2D eigenvalue weighted by molar-refractivity contribution is 6.25. The maximum Gasteiger partial charge on any atom is 0.0995 e. The molecular formula is C34H29N3. The first-order chi connectivity index (χ1) is 18.1. The fourth-order valence-corrected chi connectivity index (χ4v) is 9.62. The number of hydrogen-bond donors (Lipinski definition) is 0. The lowest BCUT2D eigenvalue weighted by molar-refractivity contribution is 0.318. The summed E-state index contributed by atoms with van der Waals surface area (Å²) in [7, 11) is 0. The zero-order chi connectivity index (χ0) is 24.5. The molecule has 3 heteroatoms. The first kappa shape index (κ1) is 20.5. The third-order valence-corrected chi connectivity index (χ3v) is 11.1. The number of nitriles is 2. The van der Waals surface area contributed by atoms with Crippen LogP contribution in [0.3, 0.4) is 0 Å². The minimum Gasteiger partial charge on any atom is -0.308 e. The summed E-state index contributed by atoms with van der Waals surface area (Å²) >= 11 is 0. The topological polar surface area (TPSA) is 52.0 Å². The second-order valence-electron chi connectivity index (χ2n) is 12.9. The molecule has 9 rings (SSSR count). The molecule has 0 bridgehead atoms. The van der Waals surface area contributed by atoms with E-state index in [4.69, 9.17) is 0 Å². The third-order valence-electron chi connectivity index (χ3n) is 11.1. The van der Waals surface area contributed by atoms with Crippen LogP contribution in [0.2, 0.25) is 0 Å². The molecule has 2 fully saturated rings. The molecule has 180 valence electrons. The second kappa shape index (κ2) is 6.65. The Morgan fingerprint density at radius 1 is 0.622 bits per heavy atom. The summed E-state index contributed by atoms with van der Waals surface area (Å²) in [4.78, 5) is 0. The molecule has 4 aliphatic carbocycles. The summed E-state index contributed by atoms with van der Waals surface area (Å²) in [6.07, 6.45) is 14.8. The van der Waals surface area contributed by atoms with Crippen molar-refractivity contribution < 1.29 is 0 Å². The van der Waals surface area contributed by atoms with Crippen molar-refractivity contribution in [3.63, 3.8) is 0 Å². The molecular weight excluding hydrogens is 450 g/mol. The maximum atomic E-state index is 10.3. The first-order valence-electron chi connectivity index (χ1n) is 14.3. The Bertz CT molecular complexity index is 1780. The zero-order valence-corrected chi connectivity index (χ0v) is 21.2. The number of aromatic nitrogens is 1. The largest absolute Gasteiger partial charge is 0.308 e. The van der Waals surface area contributed by atoms with E-state index in [-0.39, 0.29) is 0 Å². The van der Waals surface area contributed by atoms with Crippen LogP contribution in [0.25, 0.3) is 38.1 Å². The molecule has 4 aliphatic rings. The lowest BCUT2D eigenvalue weighted by Gasteiger charge is -2.21. The van der Waals surface area contributed by atoms with Crippen LogP contribution in [-0.2, 0) is 25.7 Å². The molecule has 5 aromatic rings. The van der Waals surface area contributed by atoms with Crippen LogP contribution < -0.4 is 0 Å². The quantitative estimate of drug-likeness (QED) is 0.227. The van der Waals surface area contributed by atoms with Crippen LogP contribution in [0.5, 0.6) is 0 Å². The summed E-state index contributed by atoms with van der Waals surface area (Å²) in [6, 6.07) is 16.4. The normalized spacial score (nSPS) is 21.1. The monoisotopic (exact) mass is 479 g/mol. The Kier molecular flexibility index (Phi) is 3.68. The van der Waals surface area contributed by atoms with Gasteiger partial charge in [0.25, 0.3) is 0 Å². The van der Waals surface area contributed by atoms with E-state index in [2.05, 4.69) is 46.9 Å². The van der Waals surface area contributed by atoms with Gasteiger partial charge in [0, 0.05) is 21.5 Å². The van der Waals surface area contributed by atoms with Gasteiger partial charge >= 0.3 is 0 Å². The maximum absolute atomic E-state index is 10.3. The summed E-state index contributed by atoms with van der Waals surface area (Å²) in [5.74, 6) is 0. The highest BCUT2D eigenvalue weighted by Gasteiger charge is 2.44. The van der Waals surface area contributed by atoms with Crippen molar-refractivity contribution in [3.8, 4) is 12.1 Å². The van der Waals surface area contributed by atoms with E-state index in [0.29, 0.717) is 10.8 Å². The standard InChI is InChI=1S/C34H29N3/c35-18-20-12-28-30(26-16-33(14-24(20)26)8-1-2-9-33)22-6-5-7-23-31-27-17-34(10-3-4-11-34)15-25(27)21(19-36)13-29(31)37(28)32(22)23/h5-7,12-13H,1-4,8-11,14-17H2. The van der Waals surface area contributed by atoms with E-state index in [1.807, 2.05) is 0 Å². The van der Waals surface area contributed by atoms with Gasteiger partial charge in [-0.1, -0.05) is 43.9 Å². The molecule has 3 nitrogen and oxygen atoms in total. The number of hydrogen-bond acceptors (Lipinski definition) is 2. The minimum absolute atomic E-state index is 0.362. The summed E-state index contributed by atoms with van der Waals surface area (Å²) in [5, 5.41) is 25.9. The van der Waals surface area contributed by atoms with Gasteiger partial charge in [-0.2, -0.15) is 10.5 Å². The van der Waals surface area contributed by atoms with E-state index in [0.717, 1.165) is 36.8 Å². The van der Waals surface area contributed by atoms with Crippen LogP contribution in [-0.4, -0.2) is 4.40 Å². The van der Waals surface area contributed by atoms with Crippen molar-refractivity contribution in [2.45, 2.75) is 77.0 Å². The lowest BCUT2D eigenvalue weighted by atomic mass is 9.83. The molecule has 0 radical (unpaired) electrons. The van der Waals surface area contributed by atoms with Gasteiger partial charge in [-0.25, -0.2) is 0 Å². The Morgan fingerprint density at radius 2 is 1.05 bits per heavy atom. The average molecular weight is 480 g/mol. The Morgan fingerprint density at radius 3 is 1.49 bits per heavy atom. The van der Waals surface area contributed by atoms with Gasteiger partial charge in [0.2, 0.25) is 0 Å². The summed E-state index contributed by atoms with van der Waals surface area (Å²) in [5.41, 5.74) is 11.6. The average Bonchev–Trinajstić information content (AvgIpc) is 3.74. The molecule has 3 aromatic carbocycles. The van der Waals surface area contributed by atoms with Gasteiger partial charge < -0.3 is 4.40 Å². The highest BCUT2D eigenvalue weighted by atomic mass is 14.9. The predicted octanol–water partition coefficient (Wildman–Crippen LogP) is 7.90. The van der Waals surface area contributed by atoms with Gasteiger partial charge in [-0.15, -0.1) is 0 Å². The van der Waals surface area contributed by atoms with Crippen molar-refractivity contribution in [3.05, 3.63) is 63.7 Å². The highest BCUT2D eigenvalue weighted by Crippen LogP contribution is 2.55. The molecule has 0 N–H and O–H groups in total. The van der Waals surface area contributed by atoms with Crippen molar-refractivity contribution in [2.24, 2.45) is 10.8 Å². The second-order valence-corrected chi connectivity index (χ2v) is 12.9. The summed E-state index contributed by atoms with van der Waals surface area (Å²) < 4.78 is 2.43. The van der Waals surface area contributed by atoms with E-state index in [1.54, 1.807) is 0 Å². The fraction of sp³-hybridized carbons (Fsp3) is 0.412. The van der Waals surface area contributed by atoms with E-state index in [9.17, 15) is 10.5 Å². The van der Waals surface area contributed by atoms with Crippen LogP contribution in [0.4, 0.5) is 0 Å². The van der Waals surface area contributed by atoms with E-state index >= 15 is 0 Å². The molecule has 2 saturated carbocycles. The van der Waals surface area contributed by atoms with Crippen molar-refractivity contribution in [2.75, 3.05) is 0 Å². The van der Waals surface area contributed by atoms with E-state index < -0.39 is 0 Å². The van der Waals surface area contributed by atoms with Crippen LogP contribution in [0, 0.1) is 33.5 Å². The zero-order valence-electron chi connectivity index (χ0n) is 21.2. The number of para-hydroxylation sites is 1. The number of fused-ring (bicyclic) bond motifs is 10. The van der Waals surface area contributed by atoms with Gasteiger partial charge in [0.1, 0.15) is 0 Å². The molecule has 0 atom stereocenters. The van der Waals surface area contributed by atoms with Gasteiger partial charge in [-0.3, -0.25) is 0 Å². The Labute approximate surface area is 216 Å². The lowest BCUT2D eigenvalue weighted by Crippen LogP contribution is -2.15. The predicted molar refractivity (Wildman–Crippen MR) is 147 cm³/mol. The van der Waals surface area contributed by atoms with Gasteiger partial charge in [-0.05, 0) is 96.6 Å². The van der Waals surface area contributed by atoms with E-state index in [1.165, 1.54) is 112 Å². The molecule has 0 aliphatic heterocycles. The molecule has 0 amide bonds. The Hall–Kier alpha value is -3.56. The van der Waals surface area contributed by atoms with Crippen LogP contribution in [0.15, 0.2) is 30.3 Å². The molecule has 37 heavy (non-hydrogen) atoms. The molecule has 2 heterocycles. The molecule has 0 saturated heterocycles. The Balaban J connectivity index is 1.42. The molecule has 2 aromatic heterocycles. The third kappa shape index (κ3) is 2.38. The van der Waals surface area contributed by atoms with Crippen LogP contribution in [0.1, 0.15) is 84.7 Å². The first-order valence-corrected chi connectivity index (χ1v) is 14.3. The van der Waals surface area contributed by atoms with Crippen LogP contribution >= 0.6 is 0 Å². The van der Waals surface area contributed by atoms with Crippen molar-refractivity contribution in [1.82, 2.24) is 4.40 Å².